The number of nitrogens with one attached hydrogen (secondary N) is 2. The van der Waals surface area contributed by atoms with Crippen LogP contribution < -0.4 is 30.6 Å². The Kier molecular flexibility index (Phi) is 14.3. The van der Waals surface area contributed by atoms with Gasteiger partial charge in [0.15, 0.2) is 17.6 Å². The third kappa shape index (κ3) is 11.2. The first kappa shape index (κ1) is 47.6. The molecule has 2 fully saturated rings. The molecule has 0 bridgehead atoms. The molecule has 3 aliphatic heterocycles. The lowest BCUT2D eigenvalue weighted by Crippen LogP contribution is -2.52. The monoisotopic (exact) mass is 967 g/mol. The first-order valence-corrected chi connectivity index (χ1v) is 23.3. The van der Waals surface area contributed by atoms with Crippen LogP contribution in [0, 0.1) is 6.92 Å². The summed E-state index contributed by atoms with van der Waals surface area (Å²) in [5.41, 5.74) is 10.6. The molecule has 0 radical (unpaired) electrons. The van der Waals surface area contributed by atoms with Crippen LogP contribution in [0.2, 0.25) is 5.02 Å². The van der Waals surface area contributed by atoms with Crippen molar-refractivity contribution in [1.82, 2.24) is 25.1 Å². The zero-order valence-electron chi connectivity index (χ0n) is 37.9. The molecule has 9 rings (SSSR count). The van der Waals surface area contributed by atoms with E-state index in [4.69, 9.17) is 41.3 Å². The summed E-state index contributed by atoms with van der Waals surface area (Å²) in [6.45, 7) is 8.05. The summed E-state index contributed by atoms with van der Waals surface area (Å²) in [4.78, 5) is 53.0. The van der Waals surface area contributed by atoms with Crippen LogP contribution in [0.15, 0.2) is 85.1 Å². The van der Waals surface area contributed by atoms with E-state index in [-0.39, 0.29) is 29.2 Å². The molecular weight excluding hydrogens is 916 g/mol. The highest BCUT2D eigenvalue weighted by Gasteiger charge is 2.53. The maximum absolute atomic E-state index is 13.6. The van der Waals surface area contributed by atoms with E-state index in [9.17, 15) is 23.2 Å². The highest BCUT2D eigenvalue weighted by atomic mass is 35.5. The molecule has 69 heavy (non-hydrogen) atoms. The van der Waals surface area contributed by atoms with E-state index < -0.39 is 17.8 Å². The topological polar surface area (TPSA) is 189 Å². The molecule has 4 aliphatic rings. The third-order valence-corrected chi connectivity index (χ3v) is 12.8. The van der Waals surface area contributed by atoms with Crippen LogP contribution in [0.3, 0.4) is 0 Å². The molecule has 4 N–H and O–H groups in total. The van der Waals surface area contributed by atoms with Crippen molar-refractivity contribution in [3.63, 3.8) is 0 Å². The number of aryl methyl sites for hydroxylation is 1. The molecule has 5 aromatic rings. The molecule has 3 aromatic carbocycles. The van der Waals surface area contributed by atoms with Crippen molar-refractivity contribution in [1.29, 1.82) is 0 Å². The predicted octanol–water partition coefficient (Wildman–Crippen LogP) is 6.27. The van der Waals surface area contributed by atoms with Gasteiger partial charge in [0.1, 0.15) is 17.4 Å². The Bertz CT molecular complexity index is 2720. The number of hydrogen-bond donors (Lipinski definition) is 3. The van der Waals surface area contributed by atoms with Gasteiger partial charge in [-0.3, -0.25) is 19.3 Å². The number of ether oxygens (including phenoxy) is 6. The van der Waals surface area contributed by atoms with Gasteiger partial charge in [0, 0.05) is 79.2 Å². The maximum atomic E-state index is 13.6. The number of halogens is 3. The number of benzene rings is 3. The van der Waals surface area contributed by atoms with Gasteiger partial charge in [-0.1, -0.05) is 35.9 Å². The summed E-state index contributed by atoms with van der Waals surface area (Å²) in [6.07, 6.45) is -1.20. The second kappa shape index (κ2) is 20.7. The Morgan fingerprint density at radius 3 is 2.38 bits per heavy atom. The van der Waals surface area contributed by atoms with E-state index in [1.807, 2.05) is 42.2 Å². The predicted molar refractivity (Wildman–Crippen MR) is 252 cm³/mol. The number of carbonyl (C=O) groups is 3. The van der Waals surface area contributed by atoms with Gasteiger partial charge in [-0.25, -0.2) is 9.97 Å². The van der Waals surface area contributed by atoms with Crippen LogP contribution in [0.25, 0.3) is 22.4 Å². The Balaban J connectivity index is 0.626. The molecule has 16 nitrogen and oxygen atoms in total. The molecule has 1 saturated heterocycles. The minimum atomic E-state index is -3.75. The lowest BCUT2D eigenvalue weighted by molar-refractivity contribution is -0.286. The van der Waals surface area contributed by atoms with Gasteiger partial charge in [0.2, 0.25) is 5.91 Å². The van der Waals surface area contributed by atoms with Gasteiger partial charge < -0.3 is 49.7 Å². The smallest absolute Gasteiger partial charge is 0.479 e. The van der Waals surface area contributed by atoms with E-state index >= 15 is 0 Å². The van der Waals surface area contributed by atoms with Crippen LogP contribution in [0.4, 0.5) is 20.4 Å². The number of pyridine rings is 2. The minimum absolute atomic E-state index is 0.0305. The molecule has 362 valence electrons. The van der Waals surface area contributed by atoms with Gasteiger partial charge in [-0.05, 0) is 91.1 Å². The normalized spacial score (nSPS) is 17.5. The minimum Gasteiger partial charge on any atom is -0.479 e. The van der Waals surface area contributed by atoms with E-state index in [1.165, 1.54) is 12.1 Å². The number of hydrogen-bond acceptors (Lipinski definition) is 13. The van der Waals surface area contributed by atoms with Crippen molar-refractivity contribution in [2.24, 2.45) is 0 Å². The molecular formula is C50H52ClF2N7O9. The number of aromatic nitrogens is 2. The van der Waals surface area contributed by atoms with Gasteiger partial charge in [-0.15, -0.1) is 8.78 Å². The van der Waals surface area contributed by atoms with Crippen LogP contribution in [0.5, 0.6) is 17.2 Å². The molecule has 0 spiro atoms. The third-order valence-electron chi connectivity index (χ3n) is 12.6. The SMILES string of the molecule is Cc1ccc(NC(=O)C2(c3ccc4c(c3)OC(F)(F)O4)CC2)nc1-c1cccc(C(=O)NCCOCCOCCOCCN2CCN(C(=O)[C@H]3Cc4cc(Cl)cc(-c5ccnc(N)c5)c4O3)CC2)c1. The van der Waals surface area contributed by atoms with E-state index in [1.54, 1.807) is 42.6 Å². The number of alkyl halides is 2. The molecule has 5 heterocycles. The summed E-state index contributed by atoms with van der Waals surface area (Å²) < 4.78 is 59.7. The number of piperazine rings is 1. The van der Waals surface area contributed by atoms with Crippen molar-refractivity contribution >= 4 is 41.0 Å². The summed E-state index contributed by atoms with van der Waals surface area (Å²) in [6, 6.07) is 22.3. The fraction of sp³-hybridized carbons (Fsp3) is 0.380. The van der Waals surface area contributed by atoms with Crippen LogP contribution in [-0.4, -0.2) is 129 Å². The molecule has 0 unspecified atom stereocenters. The molecule has 1 saturated carbocycles. The second-order valence-electron chi connectivity index (χ2n) is 17.3. The van der Waals surface area contributed by atoms with E-state index in [0.717, 1.165) is 41.9 Å². The summed E-state index contributed by atoms with van der Waals surface area (Å²) >= 11 is 6.44. The van der Waals surface area contributed by atoms with Gasteiger partial charge in [0.25, 0.3) is 11.8 Å². The lowest BCUT2D eigenvalue weighted by atomic mass is 9.94. The van der Waals surface area contributed by atoms with Crippen LogP contribution in [-0.2, 0) is 35.6 Å². The summed E-state index contributed by atoms with van der Waals surface area (Å²) in [5.74, 6) is 0.559. The number of amides is 3. The van der Waals surface area contributed by atoms with Crippen molar-refractivity contribution in [2.75, 3.05) is 90.0 Å². The number of nitrogens with two attached hydrogens (primary N) is 1. The lowest BCUT2D eigenvalue weighted by Gasteiger charge is -2.35. The number of nitrogens with zero attached hydrogens (tertiary/aromatic N) is 4. The largest absolute Gasteiger partial charge is 0.586 e. The van der Waals surface area contributed by atoms with Crippen LogP contribution >= 0.6 is 11.6 Å². The highest BCUT2D eigenvalue weighted by Crippen LogP contribution is 2.52. The standard InChI is InChI=1S/C50H52ClF2N7O9/c1-31-5-8-43(58-48(63)49(10-11-49)36-6-7-39-40(29-36)69-50(52,53)68-39)57-44(31)33-3-2-4-34(25-33)46(61)56-13-19-64-21-23-66-24-22-65-20-18-59-14-16-60(17-15-59)47(62)41-27-35-26-37(51)30-38(45(35)67-41)32-9-12-55-42(54)28-32/h2-9,12,25-26,28-30,41H,10-11,13-24,27H2,1H3,(H2,54,55)(H,56,61)(H,57,58,63)/t41-/m1/s1. The van der Waals surface area contributed by atoms with Crippen molar-refractivity contribution in [2.45, 2.75) is 44.0 Å². The Morgan fingerprint density at radius 1 is 0.855 bits per heavy atom. The summed E-state index contributed by atoms with van der Waals surface area (Å²) in [7, 11) is 0. The molecule has 1 atom stereocenters. The quantitative estimate of drug-likeness (QED) is 0.0787. The Hall–Kier alpha value is -6.44. The number of anilines is 2. The molecule has 19 heteroatoms. The number of nitrogen functional groups attached to an aromatic ring is 1. The number of carbonyl (C=O) groups excluding carboxylic acids is 3. The molecule has 2 aromatic heterocycles. The average molecular weight is 968 g/mol. The Morgan fingerprint density at radius 2 is 1.61 bits per heavy atom. The zero-order valence-corrected chi connectivity index (χ0v) is 38.7. The van der Waals surface area contributed by atoms with Gasteiger partial charge in [0.05, 0.1) is 50.8 Å². The Labute approximate surface area is 402 Å². The molecule has 3 amide bonds. The van der Waals surface area contributed by atoms with Gasteiger partial charge >= 0.3 is 6.29 Å². The van der Waals surface area contributed by atoms with Crippen LogP contribution in [0.1, 0.15) is 39.9 Å². The van der Waals surface area contributed by atoms with E-state index in [2.05, 4.69) is 30.0 Å². The fourth-order valence-electron chi connectivity index (χ4n) is 8.72. The number of fused-ring (bicyclic) bond motifs is 2. The van der Waals surface area contributed by atoms with E-state index in [0.29, 0.717) is 123 Å². The average Bonchev–Trinajstić information content (AvgIpc) is 3.95. The first-order chi connectivity index (χ1) is 33.3. The zero-order chi connectivity index (χ0) is 48.1. The summed E-state index contributed by atoms with van der Waals surface area (Å²) in [5, 5.41) is 6.34. The fourth-order valence-corrected chi connectivity index (χ4v) is 8.96. The highest BCUT2D eigenvalue weighted by molar-refractivity contribution is 6.31. The molecule has 1 aliphatic carbocycles. The first-order valence-electron chi connectivity index (χ1n) is 22.9. The van der Waals surface area contributed by atoms with Crippen molar-refractivity contribution in [3.8, 4) is 39.6 Å². The van der Waals surface area contributed by atoms with Crippen molar-refractivity contribution in [3.05, 3.63) is 112 Å². The maximum Gasteiger partial charge on any atom is 0.586 e. The second-order valence-corrected chi connectivity index (χ2v) is 17.7. The van der Waals surface area contributed by atoms with Crippen molar-refractivity contribution < 1.29 is 51.6 Å². The number of rotatable bonds is 19. The van der Waals surface area contributed by atoms with Gasteiger partial charge in [-0.2, -0.15) is 0 Å².